The van der Waals surface area contributed by atoms with Crippen LogP contribution >= 0.6 is 11.6 Å². The van der Waals surface area contributed by atoms with E-state index < -0.39 is 0 Å². The number of amides is 2. The minimum Gasteiger partial charge on any atom is -0.468 e. The van der Waals surface area contributed by atoms with Gasteiger partial charge in [-0.1, -0.05) is 23.7 Å². The van der Waals surface area contributed by atoms with Crippen LogP contribution in [0.2, 0.25) is 5.02 Å². The van der Waals surface area contributed by atoms with E-state index in [0.29, 0.717) is 18.0 Å². The van der Waals surface area contributed by atoms with Gasteiger partial charge in [0.2, 0.25) is 0 Å². The van der Waals surface area contributed by atoms with Crippen LogP contribution in [0.1, 0.15) is 24.9 Å². The number of nitrogens with zero attached hydrogens (tertiary/aromatic N) is 1. The molecule has 0 aliphatic carbocycles. The predicted molar refractivity (Wildman–Crippen MR) is 88.4 cm³/mol. The summed E-state index contributed by atoms with van der Waals surface area (Å²) in [5.41, 5.74) is 0.973. The van der Waals surface area contributed by atoms with Crippen molar-refractivity contribution in [2.75, 3.05) is 20.7 Å². The largest absolute Gasteiger partial charge is 0.468 e. The number of methoxy groups -OCH3 is 1. The molecule has 1 heterocycles. The van der Waals surface area contributed by atoms with E-state index in [-0.39, 0.29) is 30.1 Å². The molecule has 0 unspecified atom stereocenters. The molecule has 0 aromatic heterocycles. The van der Waals surface area contributed by atoms with Crippen molar-refractivity contribution < 1.29 is 14.3 Å². The van der Waals surface area contributed by atoms with Gasteiger partial charge in [-0.3, -0.25) is 9.69 Å². The Morgan fingerprint density at radius 1 is 1.35 bits per heavy atom. The summed E-state index contributed by atoms with van der Waals surface area (Å²) in [6.07, 6.45) is 0.548. The van der Waals surface area contributed by atoms with Crippen molar-refractivity contribution in [1.29, 1.82) is 0 Å². The number of ether oxygens (including phenoxy) is 1. The SMILES string of the molecule is COC(=O)[C@@H]1C[C@H](NC(=O)N[C@H](C)c2ccc(Cl)cc2)CN1C. The average Bonchev–Trinajstić information content (AvgIpc) is 2.87. The van der Waals surface area contributed by atoms with Crippen LogP contribution in [0.3, 0.4) is 0 Å². The average molecular weight is 340 g/mol. The molecule has 0 radical (unpaired) electrons. The number of nitrogens with one attached hydrogen (secondary N) is 2. The predicted octanol–water partition coefficient (Wildman–Crippen LogP) is 1.95. The van der Waals surface area contributed by atoms with Gasteiger partial charge in [0.25, 0.3) is 0 Å². The van der Waals surface area contributed by atoms with Crippen LogP contribution in [0, 0.1) is 0 Å². The maximum absolute atomic E-state index is 12.1. The van der Waals surface area contributed by atoms with E-state index in [9.17, 15) is 9.59 Å². The Morgan fingerprint density at radius 3 is 2.61 bits per heavy atom. The second-order valence-corrected chi connectivity index (χ2v) is 6.24. The van der Waals surface area contributed by atoms with E-state index in [1.54, 1.807) is 12.1 Å². The summed E-state index contributed by atoms with van der Waals surface area (Å²) >= 11 is 5.86. The first kappa shape index (κ1) is 17.6. The van der Waals surface area contributed by atoms with Gasteiger partial charge in [-0.2, -0.15) is 0 Å². The van der Waals surface area contributed by atoms with Gasteiger partial charge in [-0.05, 0) is 38.1 Å². The Morgan fingerprint density at radius 2 is 2.00 bits per heavy atom. The van der Waals surface area contributed by atoms with Crippen molar-refractivity contribution in [3.05, 3.63) is 34.9 Å². The molecule has 6 nitrogen and oxygen atoms in total. The Kier molecular flexibility index (Phi) is 5.85. The van der Waals surface area contributed by atoms with Crippen molar-refractivity contribution in [1.82, 2.24) is 15.5 Å². The number of esters is 1. The third-order valence-electron chi connectivity index (χ3n) is 4.07. The summed E-state index contributed by atoms with van der Waals surface area (Å²) in [5.74, 6) is -0.272. The Hall–Kier alpha value is -1.79. The fourth-order valence-electron chi connectivity index (χ4n) is 2.77. The Labute approximate surface area is 141 Å². The van der Waals surface area contributed by atoms with E-state index in [1.807, 2.05) is 31.0 Å². The highest BCUT2D eigenvalue weighted by Gasteiger charge is 2.35. The van der Waals surface area contributed by atoms with Crippen molar-refractivity contribution in [3.8, 4) is 0 Å². The molecule has 1 aliphatic rings. The normalized spacial score (nSPS) is 22.4. The molecule has 23 heavy (non-hydrogen) atoms. The Balaban J connectivity index is 1.85. The highest BCUT2D eigenvalue weighted by molar-refractivity contribution is 6.30. The van der Waals surface area contributed by atoms with Gasteiger partial charge in [0, 0.05) is 17.6 Å². The zero-order valence-corrected chi connectivity index (χ0v) is 14.3. The fraction of sp³-hybridized carbons (Fsp3) is 0.500. The van der Waals surface area contributed by atoms with Crippen LogP contribution in [-0.4, -0.2) is 49.7 Å². The number of carbonyl (C=O) groups is 2. The maximum Gasteiger partial charge on any atom is 0.323 e. The highest BCUT2D eigenvalue weighted by atomic mass is 35.5. The molecule has 1 saturated heterocycles. The summed E-state index contributed by atoms with van der Waals surface area (Å²) in [6.45, 7) is 2.52. The molecule has 1 aliphatic heterocycles. The minimum atomic E-state index is -0.306. The number of urea groups is 1. The molecule has 1 aromatic rings. The van der Waals surface area contributed by atoms with Gasteiger partial charge in [-0.15, -0.1) is 0 Å². The van der Waals surface area contributed by atoms with Gasteiger partial charge >= 0.3 is 12.0 Å². The van der Waals surface area contributed by atoms with Crippen LogP contribution in [-0.2, 0) is 9.53 Å². The lowest BCUT2D eigenvalue weighted by Crippen LogP contribution is -2.43. The zero-order chi connectivity index (χ0) is 17.0. The third-order valence-corrected chi connectivity index (χ3v) is 4.33. The molecule has 1 aromatic carbocycles. The van der Waals surface area contributed by atoms with E-state index in [2.05, 4.69) is 10.6 Å². The first-order valence-corrected chi connectivity index (χ1v) is 7.89. The first-order valence-electron chi connectivity index (χ1n) is 7.51. The maximum atomic E-state index is 12.1. The zero-order valence-electron chi connectivity index (χ0n) is 13.5. The van der Waals surface area contributed by atoms with Gasteiger partial charge in [0.15, 0.2) is 0 Å². The molecule has 2 N–H and O–H groups in total. The number of halogens is 1. The number of benzene rings is 1. The summed E-state index contributed by atoms with van der Waals surface area (Å²) < 4.78 is 4.77. The molecule has 3 atom stereocenters. The number of likely N-dealkylation sites (N-methyl/N-ethyl adjacent to an activating group) is 1. The first-order chi connectivity index (χ1) is 10.9. The van der Waals surface area contributed by atoms with Crippen LogP contribution in [0.5, 0.6) is 0 Å². The van der Waals surface area contributed by atoms with Gasteiger partial charge < -0.3 is 15.4 Å². The number of rotatable bonds is 4. The number of hydrogen-bond acceptors (Lipinski definition) is 4. The minimum absolute atomic E-state index is 0.0819. The van der Waals surface area contributed by atoms with Crippen molar-refractivity contribution in [2.45, 2.75) is 31.5 Å². The number of carbonyl (C=O) groups excluding carboxylic acids is 2. The molecule has 0 spiro atoms. The molecule has 0 saturated carbocycles. The second-order valence-electron chi connectivity index (χ2n) is 5.80. The number of hydrogen-bond donors (Lipinski definition) is 2. The molecular weight excluding hydrogens is 318 g/mol. The fourth-order valence-corrected chi connectivity index (χ4v) is 2.90. The number of likely N-dealkylation sites (tertiary alicyclic amines) is 1. The van der Waals surface area contributed by atoms with Gasteiger partial charge in [0.05, 0.1) is 13.2 Å². The standard InChI is InChI=1S/C16H22ClN3O3/c1-10(11-4-6-12(17)7-5-11)18-16(22)19-13-8-14(15(21)23-3)20(2)9-13/h4-7,10,13-14H,8-9H2,1-3H3,(H2,18,19,22)/t10-,13+,14+/m1/s1. The summed E-state index contributed by atoms with van der Waals surface area (Å²) in [6, 6.07) is 6.56. The smallest absolute Gasteiger partial charge is 0.323 e. The van der Waals surface area contributed by atoms with Crippen molar-refractivity contribution in [3.63, 3.8) is 0 Å². The lowest BCUT2D eigenvalue weighted by molar-refractivity contribution is -0.145. The molecular formula is C16H22ClN3O3. The lowest BCUT2D eigenvalue weighted by Gasteiger charge is -2.18. The summed E-state index contributed by atoms with van der Waals surface area (Å²) in [4.78, 5) is 25.7. The molecule has 2 amide bonds. The van der Waals surface area contributed by atoms with Gasteiger partial charge in [-0.25, -0.2) is 4.79 Å². The monoisotopic (exact) mass is 339 g/mol. The van der Waals surface area contributed by atoms with Crippen LogP contribution < -0.4 is 10.6 Å². The summed E-state index contributed by atoms with van der Waals surface area (Å²) in [5, 5.41) is 6.45. The highest BCUT2D eigenvalue weighted by Crippen LogP contribution is 2.18. The van der Waals surface area contributed by atoms with E-state index in [4.69, 9.17) is 16.3 Å². The van der Waals surface area contributed by atoms with E-state index in [0.717, 1.165) is 5.56 Å². The van der Waals surface area contributed by atoms with Crippen molar-refractivity contribution >= 4 is 23.6 Å². The molecule has 2 rings (SSSR count). The second kappa shape index (κ2) is 7.66. The quantitative estimate of drug-likeness (QED) is 0.822. The van der Waals surface area contributed by atoms with Crippen LogP contribution in [0.4, 0.5) is 4.79 Å². The topological polar surface area (TPSA) is 70.7 Å². The lowest BCUT2D eigenvalue weighted by atomic mass is 10.1. The molecule has 1 fully saturated rings. The molecule has 126 valence electrons. The third kappa shape index (κ3) is 4.59. The van der Waals surface area contributed by atoms with Crippen molar-refractivity contribution in [2.24, 2.45) is 0 Å². The summed E-state index contributed by atoms with van der Waals surface area (Å²) in [7, 11) is 3.22. The van der Waals surface area contributed by atoms with Crippen LogP contribution in [0.25, 0.3) is 0 Å². The molecule has 0 bridgehead atoms. The van der Waals surface area contributed by atoms with E-state index >= 15 is 0 Å². The molecule has 7 heteroatoms. The Bertz CT molecular complexity index is 564. The van der Waals surface area contributed by atoms with E-state index in [1.165, 1.54) is 7.11 Å². The van der Waals surface area contributed by atoms with Crippen LogP contribution in [0.15, 0.2) is 24.3 Å². The van der Waals surface area contributed by atoms with Gasteiger partial charge in [0.1, 0.15) is 6.04 Å².